The van der Waals surface area contributed by atoms with Gasteiger partial charge in [-0.3, -0.25) is 9.10 Å². The first-order chi connectivity index (χ1) is 16.4. The second kappa shape index (κ2) is 10.1. The van der Waals surface area contributed by atoms with Crippen molar-refractivity contribution in [1.82, 2.24) is 4.90 Å². The molecule has 7 nitrogen and oxygen atoms in total. The van der Waals surface area contributed by atoms with E-state index in [1.54, 1.807) is 36.3 Å². The van der Waals surface area contributed by atoms with Gasteiger partial charge in [0.15, 0.2) is 0 Å². The van der Waals surface area contributed by atoms with Gasteiger partial charge in [0.25, 0.3) is 10.0 Å². The van der Waals surface area contributed by atoms with Gasteiger partial charge in [0.2, 0.25) is 5.91 Å². The van der Waals surface area contributed by atoms with Crippen LogP contribution < -0.4 is 13.9 Å². The fourth-order valence-electron chi connectivity index (χ4n) is 3.98. The number of sulfonamides is 1. The monoisotopic (exact) mass is 483 g/mol. The Hall–Kier alpha value is -3.59. The normalized spacial score (nSPS) is 14.1. The van der Waals surface area contributed by atoms with Crippen LogP contribution in [0.3, 0.4) is 0 Å². The lowest BCUT2D eigenvalue weighted by atomic mass is 10.2. The SMILES string of the molecule is COc1ccccc1N1CCN(C(=O)CN(c2ccccc2F)S(=O)(=O)c2ccccc2)CC1. The Kier molecular flexibility index (Phi) is 7.02. The molecule has 1 amide bonds. The van der Waals surface area contributed by atoms with Crippen LogP contribution in [-0.4, -0.2) is 59.1 Å². The molecule has 3 aromatic rings. The first-order valence-electron chi connectivity index (χ1n) is 10.9. The molecule has 9 heteroatoms. The van der Waals surface area contributed by atoms with E-state index in [9.17, 15) is 17.6 Å². The van der Waals surface area contributed by atoms with Crippen LogP contribution in [0.15, 0.2) is 83.8 Å². The largest absolute Gasteiger partial charge is 0.495 e. The number of piperazine rings is 1. The zero-order valence-corrected chi connectivity index (χ0v) is 19.6. The Labute approximate surface area is 199 Å². The predicted molar refractivity (Wildman–Crippen MR) is 129 cm³/mol. The Morgan fingerprint density at radius 2 is 1.53 bits per heavy atom. The minimum Gasteiger partial charge on any atom is -0.495 e. The van der Waals surface area contributed by atoms with Crippen molar-refractivity contribution in [1.29, 1.82) is 0 Å². The van der Waals surface area contributed by atoms with Crippen LogP contribution in [0.5, 0.6) is 5.75 Å². The Morgan fingerprint density at radius 3 is 2.21 bits per heavy atom. The van der Waals surface area contributed by atoms with E-state index >= 15 is 0 Å². The molecule has 0 aromatic heterocycles. The standard InChI is InChI=1S/C25H26FN3O4S/c1-33-24-14-8-7-13-23(24)27-15-17-28(18-16-27)25(30)19-29(22-12-6-5-11-21(22)26)34(31,32)20-9-3-2-4-10-20/h2-14H,15-19H2,1H3. The first kappa shape index (κ1) is 23.6. The number of halogens is 1. The van der Waals surface area contributed by atoms with Crippen LogP contribution in [0.1, 0.15) is 0 Å². The van der Waals surface area contributed by atoms with Gasteiger partial charge >= 0.3 is 0 Å². The molecule has 1 heterocycles. The summed E-state index contributed by atoms with van der Waals surface area (Å²) in [6.45, 7) is 1.46. The maximum absolute atomic E-state index is 14.6. The maximum atomic E-state index is 14.6. The van der Waals surface area contributed by atoms with E-state index in [0.717, 1.165) is 15.7 Å². The molecule has 1 aliphatic heterocycles. The molecule has 0 spiro atoms. The number of rotatable bonds is 7. The molecule has 34 heavy (non-hydrogen) atoms. The lowest BCUT2D eigenvalue weighted by molar-refractivity contribution is -0.129. The third kappa shape index (κ3) is 4.84. The fourth-order valence-corrected chi connectivity index (χ4v) is 5.43. The van der Waals surface area contributed by atoms with Crippen LogP contribution in [0.2, 0.25) is 0 Å². The molecule has 1 fully saturated rings. The highest BCUT2D eigenvalue weighted by Crippen LogP contribution is 2.29. The van der Waals surface area contributed by atoms with Gasteiger partial charge in [0.1, 0.15) is 18.1 Å². The van der Waals surface area contributed by atoms with Gasteiger partial charge < -0.3 is 14.5 Å². The molecule has 0 N–H and O–H groups in total. The molecule has 3 aromatic carbocycles. The smallest absolute Gasteiger partial charge is 0.264 e. The minimum absolute atomic E-state index is 0.00737. The van der Waals surface area contributed by atoms with Crippen molar-refractivity contribution in [3.8, 4) is 5.75 Å². The van der Waals surface area contributed by atoms with Crippen molar-refractivity contribution >= 4 is 27.3 Å². The van der Waals surface area contributed by atoms with E-state index in [4.69, 9.17) is 4.74 Å². The van der Waals surface area contributed by atoms with E-state index in [-0.39, 0.29) is 16.5 Å². The number of amides is 1. The van der Waals surface area contributed by atoms with E-state index in [2.05, 4.69) is 4.90 Å². The number of carbonyl (C=O) groups excluding carboxylic acids is 1. The quantitative estimate of drug-likeness (QED) is 0.515. The van der Waals surface area contributed by atoms with Gasteiger partial charge in [0.05, 0.1) is 23.4 Å². The van der Waals surface area contributed by atoms with Gasteiger partial charge in [-0.25, -0.2) is 12.8 Å². The van der Waals surface area contributed by atoms with E-state index < -0.39 is 22.4 Å². The highest BCUT2D eigenvalue weighted by molar-refractivity contribution is 7.92. The van der Waals surface area contributed by atoms with Crippen molar-refractivity contribution in [2.75, 3.05) is 49.0 Å². The number of methoxy groups -OCH3 is 1. The number of hydrogen-bond donors (Lipinski definition) is 0. The number of anilines is 2. The number of hydrogen-bond acceptors (Lipinski definition) is 5. The molecular formula is C25H26FN3O4S. The molecule has 0 atom stereocenters. The summed E-state index contributed by atoms with van der Waals surface area (Å²) < 4.78 is 47.7. The number of carbonyl (C=O) groups is 1. The fraction of sp³-hybridized carbons (Fsp3) is 0.240. The summed E-state index contributed by atoms with van der Waals surface area (Å²) in [5, 5.41) is 0. The third-order valence-electron chi connectivity index (χ3n) is 5.79. The molecule has 4 rings (SSSR count). The van der Waals surface area contributed by atoms with Gasteiger partial charge in [-0.1, -0.05) is 42.5 Å². The van der Waals surface area contributed by atoms with E-state index in [0.29, 0.717) is 26.2 Å². The van der Waals surface area contributed by atoms with Gasteiger partial charge in [-0.2, -0.15) is 0 Å². The van der Waals surface area contributed by atoms with E-state index in [1.807, 2.05) is 24.3 Å². The van der Waals surface area contributed by atoms with Crippen molar-refractivity contribution < 1.29 is 22.3 Å². The average Bonchev–Trinajstić information content (AvgIpc) is 2.88. The Bertz CT molecular complexity index is 1250. The van der Waals surface area contributed by atoms with Crippen LogP contribution >= 0.6 is 0 Å². The van der Waals surface area contributed by atoms with Crippen LogP contribution in [0.25, 0.3) is 0 Å². The molecular weight excluding hydrogens is 457 g/mol. The highest BCUT2D eigenvalue weighted by Gasteiger charge is 2.31. The summed E-state index contributed by atoms with van der Waals surface area (Å²) in [5.41, 5.74) is 0.782. The zero-order chi connectivity index (χ0) is 24.1. The van der Waals surface area contributed by atoms with Gasteiger partial charge in [-0.15, -0.1) is 0 Å². The topological polar surface area (TPSA) is 70.2 Å². The van der Waals surface area contributed by atoms with Gasteiger partial charge in [0, 0.05) is 26.2 Å². The zero-order valence-electron chi connectivity index (χ0n) is 18.8. The van der Waals surface area contributed by atoms with Crippen LogP contribution in [0.4, 0.5) is 15.8 Å². The number of benzene rings is 3. The molecule has 0 aliphatic carbocycles. The van der Waals surface area contributed by atoms with Crippen molar-refractivity contribution in [3.05, 3.63) is 84.7 Å². The first-order valence-corrected chi connectivity index (χ1v) is 12.3. The lowest BCUT2D eigenvalue weighted by Crippen LogP contribution is -2.52. The van der Waals surface area contributed by atoms with E-state index in [1.165, 1.54) is 30.3 Å². The minimum atomic E-state index is -4.15. The molecule has 1 aliphatic rings. The molecule has 0 radical (unpaired) electrons. The predicted octanol–water partition coefficient (Wildman–Crippen LogP) is 3.38. The summed E-state index contributed by atoms with van der Waals surface area (Å²) in [5.74, 6) is -0.347. The number of ether oxygens (including phenoxy) is 1. The Balaban J connectivity index is 1.54. The van der Waals surface area contributed by atoms with Crippen LogP contribution in [0, 0.1) is 5.82 Å². The lowest BCUT2D eigenvalue weighted by Gasteiger charge is -2.37. The third-order valence-corrected chi connectivity index (χ3v) is 7.56. The second-order valence-electron chi connectivity index (χ2n) is 7.82. The highest BCUT2D eigenvalue weighted by atomic mass is 32.2. The molecule has 1 saturated heterocycles. The summed E-state index contributed by atoms with van der Waals surface area (Å²) in [7, 11) is -2.54. The summed E-state index contributed by atoms with van der Waals surface area (Å²) in [4.78, 5) is 16.9. The number of nitrogens with zero attached hydrogens (tertiary/aromatic N) is 3. The van der Waals surface area contributed by atoms with Crippen LogP contribution in [-0.2, 0) is 14.8 Å². The average molecular weight is 484 g/mol. The number of para-hydroxylation sites is 3. The second-order valence-corrected chi connectivity index (χ2v) is 9.68. The molecule has 0 unspecified atom stereocenters. The summed E-state index contributed by atoms with van der Waals surface area (Å²) in [6.07, 6.45) is 0. The van der Waals surface area contributed by atoms with Crippen molar-refractivity contribution in [3.63, 3.8) is 0 Å². The summed E-state index contributed by atoms with van der Waals surface area (Å²) >= 11 is 0. The van der Waals surface area contributed by atoms with Crippen molar-refractivity contribution in [2.45, 2.75) is 4.90 Å². The summed E-state index contributed by atoms with van der Waals surface area (Å²) in [6, 6.07) is 21.0. The Morgan fingerprint density at radius 1 is 0.912 bits per heavy atom. The van der Waals surface area contributed by atoms with Gasteiger partial charge in [-0.05, 0) is 36.4 Å². The maximum Gasteiger partial charge on any atom is 0.264 e. The molecule has 178 valence electrons. The molecule has 0 saturated carbocycles. The molecule has 0 bridgehead atoms. The van der Waals surface area contributed by atoms with Crippen molar-refractivity contribution in [2.24, 2.45) is 0 Å².